The van der Waals surface area contributed by atoms with E-state index in [1.807, 2.05) is 0 Å². The molecule has 0 N–H and O–H groups in total. The minimum absolute atomic E-state index is 0.0698. The fourth-order valence-electron chi connectivity index (χ4n) is 9.71. The maximum absolute atomic E-state index is 12.9. The van der Waals surface area contributed by atoms with Crippen molar-refractivity contribution in [2.24, 2.45) is 0 Å². The van der Waals surface area contributed by atoms with Gasteiger partial charge in [0.25, 0.3) is 0 Å². The molecule has 0 saturated heterocycles. The Morgan fingerprint density at radius 1 is 0.274 bits per heavy atom. The number of carbonyl (C=O) groups is 3. The highest BCUT2D eigenvalue weighted by Gasteiger charge is 2.19. The van der Waals surface area contributed by atoms with Crippen molar-refractivity contribution in [1.29, 1.82) is 0 Å². The lowest BCUT2D eigenvalue weighted by Gasteiger charge is -2.18. The van der Waals surface area contributed by atoms with Crippen molar-refractivity contribution in [2.45, 2.75) is 361 Å². The van der Waals surface area contributed by atoms with Gasteiger partial charge in [-0.1, -0.05) is 295 Å². The minimum atomic E-state index is -0.772. The fourth-order valence-corrected chi connectivity index (χ4v) is 9.71. The Morgan fingerprint density at radius 2 is 0.493 bits per heavy atom. The third kappa shape index (κ3) is 60.4. The summed E-state index contributed by atoms with van der Waals surface area (Å²) in [6.07, 6.45) is 75.8. The van der Waals surface area contributed by atoms with E-state index in [2.05, 4.69) is 57.2 Å². The molecule has 0 aliphatic heterocycles. The van der Waals surface area contributed by atoms with Gasteiger partial charge in [0, 0.05) is 19.3 Å². The Labute approximate surface area is 455 Å². The molecular formula is C67H124O6. The molecule has 0 aliphatic carbocycles. The van der Waals surface area contributed by atoms with Crippen molar-refractivity contribution in [1.82, 2.24) is 0 Å². The smallest absolute Gasteiger partial charge is 0.306 e. The van der Waals surface area contributed by atoms with E-state index in [0.29, 0.717) is 19.3 Å². The molecule has 1 atom stereocenters. The molecule has 0 bridgehead atoms. The maximum atomic E-state index is 12.9. The Kier molecular flexibility index (Phi) is 60.2. The summed E-state index contributed by atoms with van der Waals surface area (Å²) in [5.41, 5.74) is 0. The molecule has 428 valence electrons. The summed E-state index contributed by atoms with van der Waals surface area (Å²) < 4.78 is 16.9. The zero-order valence-electron chi connectivity index (χ0n) is 49.2. The Bertz CT molecular complexity index is 1220. The van der Waals surface area contributed by atoms with E-state index < -0.39 is 6.10 Å². The van der Waals surface area contributed by atoms with E-state index in [-0.39, 0.29) is 31.1 Å². The van der Waals surface area contributed by atoms with Crippen molar-refractivity contribution >= 4 is 17.9 Å². The molecular weight excluding hydrogens is 901 g/mol. The van der Waals surface area contributed by atoms with Crippen molar-refractivity contribution < 1.29 is 28.6 Å². The molecule has 0 heterocycles. The topological polar surface area (TPSA) is 78.9 Å². The zero-order valence-corrected chi connectivity index (χ0v) is 49.2. The normalized spacial score (nSPS) is 12.2. The molecule has 6 heteroatoms. The van der Waals surface area contributed by atoms with Crippen molar-refractivity contribution in [3.8, 4) is 0 Å². The molecule has 0 saturated carbocycles. The van der Waals surface area contributed by atoms with E-state index in [0.717, 1.165) is 64.2 Å². The Morgan fingerprint density at radius 3 is 0.767 bits per heavy atom. The van der Waals surface area contributed by atoms with Gasteiger partial charge in [-0.2, -0.15) is 0 Å². The molecule has 0 amide bonds. The minimum Gasteiger partial charge on any atom is -0.462 e. The third-order valence-corrected chi connectivity index (χ3v) is 14.6. The van der Waals surface area contributed by atoms with Gasteiger partial charge < -0.3 is 14.2 Å². The van der Waals surface area contributed by atoms with Crippen LogP contribution in [0.1, 0.15) is 355 Å². The second-order valence-corrected chi connectivity index (χ2v) is 22.0. The van der Waals surface area contributed by atoms with Crippen LogP contribution < -0.4 is 0 Å². The lowest BCUT2D eigenvalue weighted by Crippen LogP contribution is -2.30. The van der Waals surface area contributed by atoms with E-state index in [1.165, 1.54) is 250 Å². The molecule has 0 aromatic rings. The van der Waals surface area contributed by atoms with Crippen LogP contribution in [0.15, 0.2) is 36.5 Å². The number of allylic oxidation sites excluding steroid dienone is 6. The van der Waals surface area contributed by atoms with Gasteiger partial charge in [-0.3, -0.25) is 14.4 Å². The van der Waals surface area contributed by atoms with Crippen LogP contribution in [0.25, 0.3) is 0 Å². The van der Waals surface area contributed by atoms with Crippen molar-refractivity contribution in [3.63, 3.8) is 0 Å². The van der Waals surface area contributed by atoms with E-state index in [9.17, 15) is 14.4 Å². The van der Waals surface area contributed by atoms with Gasteiger partial charge in [0.05, 0.1) is 0 Å². The largest absolute Gasteiger partial charge is 0.462 e. The van der Waals surface area contributed by atoms with Gasteiger partial charge in [0.1, 0.15) is 13.2 Å². The summed E-state index contributed by atoms with van der Waals surface area (Å²) in [6, 6.07) is 0. The summed E-state index contributed by atoms with van der Waals surface area (Å²) in [5, 5.41) is 0. The lowest BCUT2D eigenvalue weighted by molar-refractivity contribution is -0.167. The fraction of sp³-hybridized carbons (Fsp3) is 0.866. The average molecular weight is 1030 g/mol. The zero-order chi connectivity index (χ0) is 52.9. The highest BCUT2D eigenvalue weighted by molar-refractivity contribution is 5.71. The number of esters is 3. The molecule has 73 heavy (non-hydrogen) atoms. The average Bonchev–Trinajstić information content (AvgIpc) is 3.39. The van der Waals surface area contributed by atoms with Crippen molar-refractivity contribution in [3.05, 3.63) is 36.5 Å². The number of rotatable bonds is 60. The predicted octanol–water partition coefficient (Wildman–Crippen LogP) is 22.0. The van der Waals surface area contributed by atoms with Crippen LogP contribution >= 0.6 is 0 Å². The molecule has 0 aromatic carbocycles. The molecule has 6 nitrogen and oxygen atoms in total. The van der Waals surface area contributed by atoms with Crippen LogP contribution in [-0.2, 0) is 28.6 Å². The first-order valence-electron chi connectivity index (χ1n) is 32.5. The van der Waals surface area contributed by atoms with Gasteiger partial charge in [-0.15, -0.1) is 0 Å². The second kappa shape index (κ2) is 62.2. The van der Waals surface area contributed by atoms with E-state index >= 15 is 0 Å². The summed E-state index contributed by atoms with van der Waals surface area (Å²) >= 11 is 0. The van der Waals surface area contributed by atoms with Crippen LogP contribution in [0.4, 0.5) is 0 Å². The van der Waals surface area contributed by atoms with Gasteiger partial charge in [0.2, 0.25) is 0 Å². The monoisotopic (exact) mass is 1020 g/mol. The maximum Gasteiger partial charge on any atom is 0.306 e. The Balaban J connectivity index is 4.24. The molecule has 0 radical (unpaired) electrons. The van der Waals surface area contributed by atoms with Crippen LogP contribution in [0.2, 0.25) is 0 Å². The first kappa shape index (κ1) is 70.6. The summed E-state index contributed by atoms with van der Waals surface area (Å²) in [4.78, 5) is 38.3. The first-order valence-corrected chi connectivity index (χ1v) is 32.5. The van der Waals surface area contributed by atoms with Gasteiger partial charge in [-0.05, 0) is 77.0 Å². The summed E-state index contributed by atoms with van der Waals surface area (Å²) in [7, 11) is 0. The number of unbranched alkanes of at least 4 members (excludes halogenated alkanes) is 43. The molecule has 0 aromatic heterocycles. The molecule has 0 spiro atoms. The van der Waals surface area contributed by atoms with Gasteiger partial charge in [-0.25, -0.2) is 0 Å². The third-order valence-electron chi connectivity index (χ3n) is 14.6. The summed E-state index contributed by atoms with van der Waals surface area (Å²) in [6.45, 7) is 6.67. The summed E-state index contributed by atoms with van der Waals surface area (Å²) in [5.74, 6) is -0.853. The van der Waals surface area contributed by atoms with Gasteiger partial charge in [0.15, 0.2) is 6.10 Å². The molecule has 1 unspecified atom stereocenters. The number of ether oxygens (including phenoxy) is 3. The van der Waals surface area contributed by atoms with Gasteiger partial charge >= 0.3 is 17.9 Å². The van der Waals surface area contributed by atoms with Crippen molar-refractivity contribution in [2.75, 3.05) is 13.2 Å². The quantitative estimate of drug-likeness (QED) is 0.0261. The number of hydrogen-bond donors (Lipinski definition) is 0. The number of hydrogen-bond acceptors (Lipinski definition) is 6. The van der Waals surface area contributed by atoms with Crippen LogP contribution in [0.5, 0.6) is 0 Å². The highest BCUT2D eigenvalue weighted by Crippen LogP contribution is 2.17. The van der Waals surface area contributed by atoms with Crippen LogP contribution in [0, 0.1) is 0 Å². The Hall–Kier alpha value is -2.37. The second-order valence-electron chi connectivity index (χ2n) is 22.0. The first-order chi connectivity index (χ1) is 36.0. The lowest BCUT2D eigenvalue weighted by atomic mass is 10.0. The number of carbonyl (C=O) groups excluding carboxylic acids is 3. The van der Waals surface area contributed by atoms with Crippen LogP contribution in [0.3, 0.4) is 0 Å². The highest BCUT2D eigenvalue weighted by atomic mass is 16.6. The van der Waals surface area contributed by atoms with E-state index in [4.69, 9.17) is 14.2 Å². The molecule has 0 rings (SSSR count). The standard InChI is InChI=1S/C67H124O6/c1-4-7-10-13-16-19-22-24-26-28-30-32-33-35-36-38-40-42-45-48-51-54-57-60-66(69)72-63-64(62-71-65(68)59-56-53-50-47-44-21-18-15-12-9-6-3)73-67(70)61-58-55-52-49-46-43-41-39-37-34-31-29-27-25-23-20-17-14-11-8-5-2/h23,25,28-31,64H,4-22,24,26-27,32-63H2,1-3H3/b25-23-,30-28-,31-29-. The van der Waals surface area contributed by atoms with Crippen LogP contribution in [-0.4, -0.2) is 37.2 Å². The molecule has 0 fully saturated rings. The SMILES string of the molecule is CCCCCCC/C=C\C/C=C\CCCCCCCCCCCC(=O)OC(COC(=O)CCCCCCCCCCCCC)COC(=O)CCCCCCCCCCCCC/C=C\CCCCCCCCCC. The van der Waals surface area contributed by atoms with E-state index in [1.54, 1.807) is 0 Å². The molecule has 0 aliphatic rings. The predicted molar refractivity (Wildman–Crippen MR) is 316 cm³/mol.